The first-order valence-corrected chi connectivity index (χ1v) is 5.59. The molecule has 1 amide bonds. The predicted octanol–water partition coefficient (Wildman–Crippen LogP) is 2.17. The molecule has 0 radical (unpaired) electrons. The first-order chi connectivity index (χ1) is 6.93. The van der Waals surface area contributed by atoms with E-state index in [4.69, 9.17) is 10.2 Å². The number of rotatable bonds is 0. The number of aliphatic hydroxyl groups excluding tert-OH is 1. The molecule has 4 nitrogen and oxygen atoms in total. The largest absolute Gasteiger partial charge is 0.465 e. The van der Waals surface area contributed by atoms with Gasteiger partial charge in [0.1, 0.15) is 0 Å². The van der Waals surface area contributed by atoms with Crippen molar-refractivity contribution in [3.63, 3.8) is 0 Å². The zero-order valence-electron chi connectivity index (χ0n) is 9.94. The molecule has 1 atom stereocenters. The Morgan fingerprint density at radius 1 is 1.27 bits per heavy atom. The fourth-order valence-electron chi connectivity index (χ4n) is 1.27. The topological polar surface area (TPSA) is 60.8 Å². The Kier molecular flexibility index (Phi) is 7.13. The molecule has 1 saturated heterocycles. The van der Waals surface area contributed by atoms with Gasteiger partial charge in [-0.05, 0) is 25.2 Å². The van der Waals surface area contributed by atoms with E-state index in [9.17, 15) is 4.79 Å². The molecule has 1 heterocycles. The number of carboxylic acid groups (broad SMARTS) is 1. The summed E-state index contributed by atoms with van der Waals surface area (Å²) in [6, 6.07) is 0. The Bertz CT molecular complexity index is 180. The van der Waals surface area contributed by atoms with Crippen molar-refractivity contribution in [1.29, 1.82) is 0 Å². The highest BCUT2D eigenvalue weighted by atomic mass is 16.4. The Morgan fingerprint density at radius 3 is 2.27 bits per heavy atom. The normalized spacial score (nSPS) is 21.7. The molecule has 15 heavy (non-hydrogen) atoms. The van der Waals surface area contributed by atoms with E-state index in [1.54, 1.807) is 0 Å². The molecule has 1 fully saturated rings. The van der Waals surface area contributed by atoms with Gasteiger partial charge in [-0.3, -0.25) is 0 Å². The molecule has 0 saturated carbocycles. The van der Waals surface area contributed by atoms with Crippen molar-refractivity contribution in [3.8, 4) is 0 Å². The van der Waals surface area contributed by atoms with E-state index in [1.807, 2.05) is 0 Å². The highest BCUT2D eigenvalue weighted by molar-refractivity contribution is 5.64. The van der Waals surface area contributed by atoms with E-state index in [0.29, 0.717) is 19.5 Å². The summed E-state index contributed by atoms with van der Waals surface area (Å²) in [4.78, 5) is 11.8. The maximum Gasteiger partial charge on any atom is 0.407 e. The third-order valence-corrected chi connectivity index (χ3v) is 1.97. The smallest absolute Gasteiger partial charge is 0.407 e. The van der Waals surface area contributed by atoms with Crippen LogP contribution in [0.15, 0.2) is 0 Å². The fraction of sp³-hybridized carbons (Fsp3) is 0.909. The average molecular weight is 217 g/mol. The molecular weight excluding hydrogens is 194 g/mol. The van der Waals surface area contributed by atoms with Gasteiger partial charge >= 0.3 is 6.09 Å². The lowest BCUT2D eigenvalue weighted by Crippen LogP contribution is -2.30. The van der Waals surface area contributed by atoms with Gasteiger partial charge in [-0.2, -0.15) is 0 Å². The van der Waals surface area contributed by atoms with Crippen molar-refractivity contribution < 1.29 is 15.0 Å². The SMILES string of the molecule is CC(C)C.O=C(O)N1CCC[C@H](O)CC1. The Balaban J connectivity index is 0.000000423. The van der Waals surface area contributed by atoms with Crippen LogP contribution in [0.1, 0.15) is 40.0 Å². The van der Waals surface area contributed by atoms with E-state index in [1.165, 1.54) is 4.90 Å². The second-order valence-electron chi connectivity index (χ2n) is 4.59. The van der Waals surface area contributed by atoms with Crippen LogP contribution < -0.4 is 0 Å². The van der Waals surface area contributed by atoms with Crippen molar-refractivity contribution in [2.45, 2.75) is 46.1 Å². The summed E-state index contributed by atoms with van der Waals surface area (Å²) in [7, 11) is 0. The van der Waals surface area contributed by atoms with Gasteiger partial charge in [0.05, 0.1) is 6.10 Å². The Morgan fingerprint density at radius 2 is 1.80 bits per heavy atom. The van der Waals surface area contributed by atoms with Crippen LogP contribution in [-0.2, 0) is 0 Å². The van der Waals surface area contributed by atoms with Crippen LogP contribution in [0.5, 0.6) is 0 Å². The van der Waals surface area contributed by atoms with Gasteiger partial charge < -0.3 is 15.1 Å². The van der Waals surface area contributed by atoms with Crippen LogP contribution in [0.2, 0.25) is 0 Å². The zero-order valence-corrected chi connectivity index (χ0v) is 9.94. The number of carbonyl (C=O) groups is 1. The Hall–Kier alpha value is -0.770. The number of likely N-dealkylation sites (tertiary alicyclic amines) is 1. The molecule has 0 aromatic carbocycles. The summed E-state index contributed by atoms with van der Waals surface area (Å²) >= 11 is 0. The second kappa shape index (κ2) is 7.51. The van der Waals surface area contributed by atoms with E-state index in [0.717, 1.165) is 18.8 Å². The molecule has 0 unspecified atom stereocenters. The number of hydrogen-bond acceptors (Lipinski definition) is 2. The lowest BCUT2D eigenvalue weighted by Gasteiger charge is -2.15. The van der Waals surface area contributed by atoms with Crippen LogP contribution in [0.3, 0.4) is 0 Å². The molecule has 1 rings (SSSR count). The molecule has 0 bridgehead atoms. The highest BCUT2D eigenvalue weighted by Crippen LogP contribution is 2.10. The number of nitrogens with zero attached hydrogens (tertiary/aromatic N) is 1. The zero-order chi connectivity index (χ0) is 11.8. The van der Waals surface area contributed by atoms with Crippen LogP contribution in [0.4, 0.5) is 4.79 Å². The van der Waals surface area contributed by atoms with E-state index >= 15 is 0 Å². The second-order valence-corrected chi connectivity index (χ2v) is 4.59. The third-order valence-electron chi connectivity index (χ3n) is 1.97. The van der Waals surface area contributed by atoms with Crippen LogP contribution in [-0.4, -0.2) is 40.4 Å². The first-order valence-electron chi connectivity index (χ1n) is 5.59. The summed E-state index contributed by atoms with van der Waals surface area (Å²) in [5.74, 6) is 0.833. The van der Waals surface area contributed by atoms with Gasteiger partial charge in [-0.1, -0.05) is 20.8 Å². The van der Waals surface area contributed by atoms with E-state index < -0.39 is 6.09 Å². The summed E-state index contributed by atoms with van der Waals surface area (Å²) in [5.41, 5.74) is 0. The molecule has 2 N–H and O–H groups in total. The summed E-state index contributed by atoms with van der Waals surface area (Å²) < 4.78 is 0. The molecule has 90 valence electrons. The standard InChI is InChI=1S/C7H13NO3.C4H10/c9-6-2-1-4-8(5-3-6)7(10)11;1-4(2)3/h6,9H,1-5H2,(H,10,11);4H,1-3H3/t6-;/m0./s1. The fourth-order valence-corrected chi connectivity index (χ4v) is 1.27. The number of aliphatic hydroxyl groups is 1. The monoisotopic (exact) mass is 217 g/mol. The Labute approximate surface area is 91.9 Å². The molecule has 4 heteroatoms. The highest BCUT2D eigenvalue weighted by Gasteiger charge is 2.17. The van der Waals surface area contributed by atoms with Crippen molar-refractivity contribution >= 4 is 6.09 Å². The minimum Gasteiger partial charge on any atom is -0.465 e. The maximum atomic E-state index is 10.5. The van der Waals surface area contributed by atoms with E-state index in [-0.39, 0.29) is 6.10 Å². The summed E-state index contributed by atoms with van der Waals surface area (Å²) in [5, 5.41) is 17.8. The van der Waals surface area contributed by atoms with Crippen molar-refractivity contribution in [2.75, 3.05) is 13.1 Å². The van der Waals surface area contributed by atoms with Gasteiger partial charge in [0, 0.05) is 13.1 Å². The lowest BCUT2D eigenvalue weighted by molar-refractivity contribution is 0.137. The molecule has 0 aromatic heterocycles. The molecule has 0 aromatic rings. The molecule has 1 aliphatic heterocycles. The van der Waals surface area contributed by atoms with Gasteiger partial charge in [-0.25, -0.2) is 4.79 Å². The third kappa shape index (κ3) is 8.24. The van der Waals surface area contributed by atoms with Gasteiger partial charge in [0.2, 0.25) is 0 Å². The van der Waals surface area contributed by atoms with Crippen molar-refractivity contribution in [1.82, 2.24) is 4.90 Å². The minimum atomic E-state index is -0.876. The molecule has 1 aliphatic rings. The molecule has 0 aliphatic carbocycles. The van der Waals surface area contributed by atoms with Crippen molar-refractivity contribution in [2.24, 2.45) is 5.92 Å². The molecular formula is C11H23NO3. The number of hydrogen-bond donors (Lipinski definition) is 2. The van der Waals surface area contributed by atoms with Gasteiger partial charge in [0.15, 0.2) is 0 Å². The summed E-state index contributed by atoms with van der Waals surface area (Å²) in [6.45, 7) is 7.53. The van der Waals surface area contributed by atoms with Crippen LogP contribution >= 0.6 is 0 Å². The maximum absolute atomic E-state index is 10.5. The average Bonchev–Trinajstić information content (AvgIpc) is 2.28. The first kappa shape index (κ1) is 14.2. The van der Waals surface area contributed by atoms with Gasteiger partial charge in [0.25, 0.3) is 0 Å². The van der Waals surface area contributed by atoms with E-state index in [2.05, 4.69) is 20.8 Å². The number of amides is 1. The van der Waals surface area contributed by atoms with Gasteiger partial charge in [-0.15, -0.1) is 0 Å². The molecule has 0 spiro atoms. The predicted molar refractivity (Wildman–Crippen MR) is 60.0 cm³/mol. The van der Waals surface area contributed by atoms with Crippen molar-refractivity contribution in [3.05, 3.63) is 0 Å². The summed E-state index contributed by atoms with van der Waals surface area (Å²) in [6.07, 6.45) is 0.891. The van der Waals surface area contributed by atoms with Crippen LogP contribution in [0.25, 0.3) is 0 Å². The van der Waals surface area contributed by atoms with Crippen LogP contribution in [0, 0.1) is 5.92 Å². The quantitative estimate of drug-likeness (QED) is 0.653. The minimum absolute atomic E-state index is 0.306. The lowest BCUT2D eigenvalue weighted by atomic mass is 10.2.